The Bertz CT molecular complexity index is 399. The molecule has 86 valence electrons. The minimum absolute atomic E-state index is 0.236. The molecular weight excluding hydrogens is 228 g/mol. The van der Waals surface area contributed by atoms with Crippen LogP contribution in [-0.2, 0) is 16.0 Å². The van der Waals surface area contributed by atoms with E-state index < -0.39 is 0 Å². The van der Waals surface area contributed by atoms with Crippen molar-refractivity contribution in [2.45, 2.75) is 25.4 Å². The first kappa shape index (κ1) is 11.3. The van der Waals surface area contributed by atoms with E-state index in [4.69, 9.17) is 16.3 Å². The summed E-state index contributed by atoms with van der Waals surface area (Å²) in [6.45, 7) is 0. The third-order valence-corrected chi connectivity index (χ3v) is 2.69. The highest BCUT2D eigenvalue weighted by molar-refractivity contribution is 6.32. The molecule has 1 aliphatic carbocycles. The number of methoxy groups -OCH3 is 1. The van der Waals surface area contributed by atoms with Gasteiger partial charge in [0.2, 0.25) is 0 Å². The molecule has 1 aromatic carbocycles. The van der Waals surface area contributed by atoms with Crippen LogP contribution in [0.3, 0.4) is 0 Å². The van der Waals surface area contributed by atoms with Gasteiger partial charge in [0.05, 0.1) is 24.7 Å². The molecule has 0 atom stereocenters. The third-order valence-electron chi connectivity index (χ3n) is 2.39. The SMILES string of the molecule is COC(=O)Cc1ccc(OC2CC2)c(Cl)c1. The molecule has 1 aromatic rings. The van der Waals surface area contributed by atoms with E-state index in [1.165, 1.54) is 7.11 Å². The van der Waals surface area contributed by atoms with Crippen molar-refractivity contribution in [3.8, 4) is 5.75 Å². The fourth-order valence-electron chi connectivity index (χ4n) is 1.35. The third kappa shape index (κ3) is 2.89. The van der Waals surface area contributed by atoms with E-state index in [2.05, 4.69) is 4.74 Å². The molecule has 1 aliphatic rings. The van der Waals surface area contributed by atoms with Gasteiger partial charge in [-0.1, -0.05) is 17.7 Å². The summed E-state index contributed by atoms with van der Waals surface area (Å²) in [5.74, 6) is 0.421. The van der Waals surface area contributed by atoms with Crippen molar-refractivity contribution in [1.82, 2.24) is 0 Å². The van der Waals surface area contributed by atoms with Crippen LogP contribution in [0.15, 0.2) is 18.2 Å². The summed E-state index contributed by atoms with van der Waals surface area (Å²) in [6, 6.07) is 5.38. The molecule has 0 heterocycles. The minimum Gasteiger partial charge on any atom is -0.489 e. The number of ether oxygens (including phenoxy) is 2. The lowest BCUT2D eigenvalue weighted by Crippen LogP contribution is -2.04. The molecule has 0 aromatic heterocycles. The average Bonchev–Trinajstić information content (AvgIpc) is 3.06. The molecule has 0 amide bonds. The second kappa shape index (κ2) is 4.74. The Balaban J connectivity index is 2.05. The highest BCUT2D eigenvalue weighted by Gasteiger charge is 2.24. The summed E-state index contributed by atoms with van der Waals surface area (Å²) in [7, 11) is 1.37. The number of halogens is 1. The Morgan fingerprint density at radius 2 is 2.25 bits per heavy atom. The maximum absolute atomic E-state index is 11.1. The van der Waals surface area contributed by atoms with E-state index in [0.29, 0.717) is 16.9 Å². The van der Waals surface area contributed by atoms with Gasteiger partial charge in [-0.2, -0.15) is 0 Å². The van der Waals surface area contributed by atoms with E-state index in [-0.39, 0.29) is 12.4 Å². The molecule has 3 nitrogen and oxygen atoms in total. The van der Waals surface area contributed by atoms with Crippen molar-refractivity contribution in [2.75, 3.05) is 7.11 Å². The minimum atomic E-state index is -0.271. The molecule has 0 aliphatic heterocycles. The van der Waals surface area contributed by atoms with Crippen LogP contribution in [0.5, 0.6) is 5.75 Å². The van der Waals surface area contributed by atoms with Crippen LogP contribution in [0.4, 0.5) is 0 Å². The topological polar surface area (TPSA) is 35.5 Å². The van der Waals surface area contributed by atoms with Gasteiger partial charge in [0, 0.05) is 0 Å². The fourth-order valence-corrected chi connectivity index (χ4v) is 1.60. The zero-order valence-corrected chi connectivity index (χ0v) is 9.79. The lowest BCUT2D eigenvalue weighted by atomic mass is 10.1. The summed E-state index contributed by atoms with van der Waals surface area (Å²) in [6.07, 6.45) is 2.75. The zero-order chi connectivity index (χ0) is 11.5. The molecule has 1 saturated carbocycles. The van der Waals surface area contributed by atoms with Crippen molar-refractivity contribution >= 4 is 17.6 Å². The van der Waals surface area contributed by atoms with Crippen LogP contribution < -0.4 is 4.74 Å². The van der Waals surface area contributed by atoms with Crippen LogP contribution >= 0.6 is 11.6 Å². The van der Waals surface area contributed by atoms with Gasteiger partial charge in [0.15, 0.2) is 0 Å². The smallest absolute Gasteiger partial charge is 0.309 e. The van der Waals surface area contributed by atoms with E-state index in [0.717, 1.165) is 18.4 Å². The largest absolute Gasteiger partial charge is 0.489 e. The predicted molar refractivity (Wildman–Crippen MR) is 60.8 cm³/mol. The Labute approximate surface area is 99.3 Å². The first-order valence-corrected chi connectivity index (χ1v) is 5.58. The molecule has 1 fully saturated rings. The average molecular weight is 241 g/mol. The summed E-state index contributed by atoms with van der Waals surface area (Å²) in [4.78, 5) is 11.1. The zero-order valence-electron chi connectivity index (χ0n) is 9.03. The summed E-state index contributed by atoms with van der Waals surface area (Å²) >= 11 is 6.05. The van der Waals surface area contributed by atoms with E-state index in [1.807, 2.05) is 6.07 Å². The molecule has 0 unspecified atom stereocenters. The van der Waals surface area contributed by atoms with Crippen molar-refractivity contribution < 1.29 is 14.3 Å². The van der Waals surface area contributed by atoms with Gasteiger partial charge < -0.3 is 9.47 Å². The standard InChI is InChI=1S/C12H13ClO3/c1-15-12(14)7-8-2-5-11(10(13)6-8)16-9-3-4-9/h2,5-6,9H,3-4,7H2,1H3. The highest BCUT2D eigenvalue weighted by atomic mass is 35.5. The Hall–Kier alpha value is -1.22. The first-order chi connectivity index (χ1) is 7.69. The second-order valence-electron chi connectivity index (χ2n) is 3.83. The van der Waals surface area contributed by atoms with Gasteiger partial charge in [0.25, 0.3) is 0 Å². The van der Waals surface area contributed by atoms with Gasteiger partial charge in [-0.25, -0.2) is 0 Å². The number of carbonyl (C=O) groups excluding carboxylic acids is 1. The molecule has 0 radical (unpaired) electrons. The Morgan fingerprint density at radius 3 is 2.81 bits per heavy atom. The van der Waals surface area contributed by atoms with Crippen molar-refractivity contribution in [2.24, 2.45) is 0 Å². The van der Waals surface area contributed by atoms with Gasteiger partial charge in [-0.15, -0.1) is 0 Å². The van der Waals surface area contributed by atoms with Gasteiger partial charge in [0.1, 0.15) is 5.75 Å². The van der Waals surface area contributed by atoms with Crippen LogP contribution in [0.1, 0.15) is 18.4 Å². The van der Waals surface area contributed by atoms with Gasteiger partial charge in [-0.05, 0) is 30.5 Å². The normalized spacial score (nSPS) is 14.6. The number of carbonyl (C=O) groups is 1. The lowest BCUT2D eigenvalue weighted by Gasteiger charge is -2.08. The molecule has 0 saturated heterocycles. The van der Waals surface area contributed by atoms with Crippen molar-refractivity contribution in [3.63, 3.8) is 0 Å². The van der Waals surface area contributed by atoms with E-state index in [9.17, 15) is 4.79 Å². The molecule has 0 spiro atoms. The van der Waals surface area contributed by atoms with Gasteiger partial charge in [-0.3, -0.25) is 4.79 Å². The second-order valence-corrected chi connectivity index (χ2v) is 4.24. The monoisotopic (exact) mass is 240 g/mol. The van der Waals surface area contributed by atoms with E-state index in [1.54, 1.807) is 12.1 Å². The van der Waals surface area contributed by atoms with Crippen LogP contribution in [0.2, 0.25) is 5.02 Å². The number of esters is 1. The maximum Gasteiger partial charge on any atom is 0.309 e. The molecule has 4 heteroatoms. The van der Waals surface area contributed by atoms with Crippen molar-refractivity contribution in [1.29, 1.82) is 0 Å². The van der Waals surface area contributed by atoms with Crippen LogP contribution in [-0.4, -0.2) is 19.2 Å². The summed E-state index contributed by atoms with van der Waals surface area (Å²) in [5.41, 5.74) is 0.833. The number of hydrogen-bond acceptors (Lipinski definition) is 3. The molecule has 0 bridgehead atoms. The Kier molecular flexibility index (Phi) is 3.34. The number of benzene rings is 1. The number of rotatable bonds is 4. The molecule has 2 rings (SSSR count). The molecular formula is C12H13ClO3. The Morgan fingerprint density at radius 1 is 1.50 bits per heavy atom. The summed E-state index contributed by atoms with van der Waals surface area (Å²) < 4.78 is 10.2. The maximum atomic E-state index is 11.1. The van der Waals surface area contributed by atoms with Crippen LogP contribution in [0.25, 0.3) is 0 Å². The highest BCUT2D eigenvalue weighted by Crippen LogP contribution is 2.32. The number of hydrogen-bond donors (Lipinski definition) is 0. The summed E-state index contributed by atoms with van der Waals surface area (Å²) in [5, 5.41) is 0.549. The first-order valence-electron chi connectivity index (χ1n) is 5.21. The van der Waals surface area contributed by atoms with Crippen LogP contribution in [0, 0.1) is 0 Å². The lowest BCUT2D eigenvalue weighted by molar-refractivity contribution is -0.139. The predicted octanol–water partition coefficient (Wildman–Crippen LogP) is 2.60. The molecule has 16 heavy (non-hydrogen) atoms. The van der Waals surface area contributed by atoms with Crippen molar-refractivity contribution in [3.05, 3.63) is 28.8 Å². The quantitative estimate of drug-likeness (QED) is 0.759. The molecule has 0 N–H and O–H groups in total. The fraction of sp³-hybridized carbons (Fsp3) is 0.417. The van der Waals surface area contributed by atoms with E-state index >= 15 is 0 Å². The van der Waals surface area contributed by atoms with Gasteiger partial charge >= 0.3 is 5.97 Å².